The predicted molar refractivity (Wildman–Crippen MR) is 76.9 cm³/mol. The van der Waals surface area contributed by atoms with E-state index in [0.29, 0.717) is 0 Å². The Bertz CT molecular complexity index is 536. The van der Waals surface area contributed by atoms with Gasteiger partial charge in [0, 0.05) is 18.4 Å². The number of halogens is 1. The molecule has 1 aliphatic rings. The monoisotopic (exact) mass is 308 g/mol. The molecule has 0 aromatic carbocycles. The zero-order valence-electron chi connectivity index (χ0n) is 11.8. The molecule has 1 fully saturated rings. The van der Waals surface area contributed by atoms with Gasteiger partial charge in [-0.3, -0.25) is 4.79 Å². The van der Waals surface area contributed by atoms with E-state index in [-0.39, 0.29) is 29.6 Å². The summed E-state index contributed by atoms with van der Waals surface area (Å²) in [6, 6.07) is 2.10. The Balaban J connectivity index is 1.84. The average molecular weight is 309 g/mol. The molecule has 0 saturated heterocycles. The minimum absolute atomic E-state index is 0.00428. The first kappa shape index (κ1) is 15.5. The number of carbonyl (C=O) groups excluding carboxylic acids is 1. The van der Waals surface area contributed by atoms with Crippen molar-refractivity contribution in [3.05, 3.63) is 18.1 Å². The molecular weight excluding hydrogens is 292 g/mol. The van der Waals surface area contributed by atoms with Crippen LogP contribution in [0.2, 0.25) is 0 Å². The van der Waals surface area contributed by atoms with E-state index in [0.717, 1.165) is 25.7 Å². The normalized spacial score (nSPS) is 22.9. The summed E-state index contributed by atoms with van der Waals surface area (Å²) >= 11 is 5.73. The first-order chi connectivity index (χ1) is 10.1. The van der Waals surface area contributed by atoms with Crippen molar-refractivity contribution in [3.8, 4) is 11.9 Å². The summed E-state index contributed by atoms with van der Waals surface area (Å²) in [6.45, 7) is 1.66. The van der Waals surface area contributed by atoms with Crippen LogP contribution in [0.15, 0.2) is 12.4 Å². The van der Waals surface area contributed by atoms with E-state index in [1.165, 1.54) is 12.4 Å². The van der Waals surface area contributed by atoms with Gasteiger partial charge in [-0.15, -0.1) is 11.6 Å². The molecule has 6 nitrogen and oxygen atoms in total. The number of rotatable bonds is 4. The van der Waals surface area contributed by atoms with Gasteiger partial charge in [0.2, 0.25) is 11.6 Å². The van der Waals surface area contributed by atoms with E-state index in [1.807, 2.05) is 6.07 Å². The maximum atomic E-state index is 11.5. The standard InChI is InChI=1S/C14H17ClN4O2/c1-9(15)13(20)19-10-2-4-11(5-3-10)21-14-12(8-16)17-6-7-18-14/h6-7,9-11H,2-5H2,1H3,(H,19,20). The van der Waals surface area contributed by atoms with Crippen molar-refractivity contribution in [3.63, 3.8) is 0 Å². The molecule has 1 saturated carbocycles. The van der Waals surface area contributed by atoms with E-state index >= 15 is 0 Å². The Morgan fingerprint density at radius 3 is 2.71 bits per heavy atom. The van der Waals surface area contributed by atoms with E-state index in [1.54, 1.807) is 6.92 Å². The summed E-state index contributed by atoms with van der Waals surface area (Å²) in [5.41, 5.74) is 0.198. The molecular formula is C14H17ClN4O2. The van der Waals surface area contributed by atoms with Gasteiger partial charge in [-0.05, 0) is 32.6 Å². The summed E-state index contributed by atoms with van der Waals surface area (Å²) in [5, 5.41) is 11.4. The molecule has 2 rings (SSSR count). The van der Waals surface area contributed by atoms with E-state index in [2.05, 4.69) is 15.3 Å². The molecule has 1 unspecified atom stereocenters. The molecule has 1 aromatic rings. The van der Waals surface area contributed by atoms with Gasteiger partial charge in [0.05, 0.1) is 0 Å². The molecule has 1 aliphatic carbocycles. The zero-order valence-corrected chi connectivity index (χ0v) is 12.5. The fourth-order valence-electron chi connectivity index (χ4n) is 2.29. The predicted octanol–water partition coefficient (Wildman–Crippen LogP) is 1.78. The third-order valence-electron chi connectivity index (χ3n) is 3.43. The lowest BCUT2D eigenvalue weighted by Crippen LogP contribution is -2.42. The van der Waals surface area contributed by atoms with Crippen LogP contribution in [0.1, 0.15) is 38.3 Å². The molecule has 0 bridgehead atoms. The highest BCUT2D eigenvalue weighted by molar-refractivity contribution is 6.30. The van der Waals surface area contributed by atoms with Gasteiger partial charge >= 0.3 is 0 Å². The Morgan fingerprint density at radius 2 is 2.10 bits per heavy atom. The number of nitrogens with one attached hydrogen (secondary N) is 1. The van der Waals surface area contributed by atoms with Crippen molar-refractivity contribution in [2.75, 3.05) is 0 Å². The van der Waals surface area contributed by atoms with Gasteiger partial charge in [0.25, 0.3) is 5.88 Å². The number of hydrogen-bond donors (Lipinski definition) is 1. The Labute approximate surface area is 128 Å². The van der Waals surface area contributed by atoms with Gasteiger partial charge in [-0.2, -0.15) is 5.26 Å². The van der Waals surface area contributed by atoms with Crippen LogP contribution in [0.3, 0.4) is 0 Å². The number of carbonyl (C=O) groups is 1. The number of amides is 1. The number of nitriles is 1. The van der Waals surface area contributed by atoms with Gasteiger partial charge in [-0.25, -0.2) is 9.97 Å². The fraction of sp³-hybridized carbons (Fsp3) is 0.571. The highest BCUT2D eigenvalue weighted by atomic mass is 35.5. The molecule has 1 aromatic heterocycles. The van der Waals surface area contributed by atoms with Crippen molar-refractivity contribution in [2.45, 2.75) is 50.1 Å². The highest BCUT2D eigenvalue weighted by Crippen LogP contribution is 2.24. The average Bonchev–Trinajstić information content (AvgIpc) is 2.49. The maximum absolute atomic E-state index is 11.5. The number of aromatic nitrogens is 2. The lowest BCUT2D eigenvalue weighted by atomic mass is 9.93. The van der Waals surface area contributed by atoms with Crippen LogP contribution >= 0.6 is 11.6 Å². The SMILES string of the molecule is CC(Cl)C(=O)NC1CCC(Oc2nccnc2C#N)CC1. The molecule has 21 heavy (non-hydrogen) atoms. The van der Waals surface area contributed by atoms with Crippen LogP contribution in [0, 0.1) is 11.3 Å². The van der Waals surface area contributed by atoms with Crippen LogP contribution < -0.4 is 10.1 Å². The summed E-state index contributed by atoms with van der Waals surface area (Å²) in [6.07, 6.45) is 6.20. The van der Waals surface area contributed by atoms with Crippen LogP contribution in [-0.4, -0.2) is 33.4 Å². The number of ether oxygens (including phenoxy) is 1. The first-order valence-corrected chi connectivity index (χ1v) is 7.36. The van der Waals surface area contributed by atoms with Crippen molar-refractivity contribution in [1.82, 2.24) is 15.3 Å². The van der Waals surface area contributed by atoms with Crippen LogP contribution in [0.25, 0.3) is 0 Å². The molecule has 1 amide bonds. The second-order valence-electron chi connectivity index (χ2n) is 5.04. The van der Waals surface area contributed by atoms with Crippen molar-refractivity contribution < 1.29 is 9.53 Å². The second kappa shape index (κ2) is 7.23. The number of hydrogen-bond acceptors (Lipinski definition) is 5. The summed E-state index contributed by atoms with van der Waals surface area (Å²) in [4.78, 5) is 19.5. The lowest BCUT2D eigenvalue weighted by molar-refractivity contribution is -0.121. The third kappa shape index (κ3) is 4.30. The molecule has 112 valence electrons. The van der Waals surface area contributed by atoms with E-state index in [4.69, 9.17) is 21.6 Å². The van der Waals surface area contributed by atoms with E-state index in [9.17, 15) is 4.79 Å². The summed E-state index contributed by atoms with van der Waals surface area (Å²) < 4.78 is 5.74. The number of alkyl halides is 1. The molecule has 0 spiro atoms. The number of nitrogens with zero attached hydrogens (tertiary/aromatic N) is 3. The van der Waals surface area contributed by atoms with Crippen molar-refractivity contribution in [2.24, 2.45) is 0 Å². The quantitative estimate of drug-likeness (QED) is 0.857. The molecule has 0 radical (unpaired) electrons. The zero-order chi connectivity index (χ0) is 15.2. The van der Waals surface area contributed by atoms with Crippen LogP contribution in [0.4, 0.5) is 0 Å². The van der Waals surface area contributed by atoms with Crippen molar-refractivity contribution in [1.29, 1.82) is 5.26 Å². The maximum Gasteiger partial charge on any atom is 0.251 e. The van der Waals surface area contributed by atoms with E-state index < -0.39 is 5.38 Å². The molecule has 1 heterocycles. The Kier molecular flexibility index (Phi) is 5.34. The lowest BCUT2D eigenvalue weighted by Gasteiger charge is -2.29. The van der Waals surface area contributed by atoms with Gasteiger partial charge in [-0.1, -0.05) is 0 Å². The summed E-state index contributed by atoms with van der Waals surface area (Å²) in [7, 11) is 0. The smallest absolute Gasteiger partial charge is 0.251 e. The highest BCUT2D eigenvalue weighted by Gasteiger charge is 2.25. The van der Waals surface area contributed by atoms with Crippen LogP contribution in [-0.2, 0) is 4.79 Å². The first-order valence-electron chi connectivity index (χ1n) is 6.92. The minimum atomic E-state index is -0.517. The second-order valence-corrected chi connectivity index (χ2v) is 5.69. The van der Waals surface area contributed by atoms with Gasteiger partial charge in [0.1, 0.15) is 17.6 Å². The van der Waals surface area contributed by atoms with Gasteiger partial charge in [0.15, 0.2) is 0 Å². The minimum Gasteiger partial charge on any atom is -0.472 e. The molecule has 1 N–H and O–H groups in total. The largest absolute Gasteiger partial charge is 0.472 e. The topological polar surface area (TPSA) is 87.9 Å². The summed E-state index contributed by atoms with van der Waals surface area (Å²) in [5.74, 6) is 0.142. The van der Waals surface area contributed by atoms with Crippen molar-refractivity contribution >= 4 is 17.5 Å². The molecule has 7 heteroatoms. The fourth-order valence-corrected chi connectivity index (χ4v) is 2.35. The molecule has 1 atom stereocenters. The third-order valence-corrected chi connectivity index (χ3v) is 3.63. The molecule has 0 aliphatic heterocycles. The Morgan fingerprint density at radius 1 is 1.43 bits per heavy atom. The Hall–Kier alpha value is -1.87. The van der Waals surface area contributed by atoms with Gasteiger partial charge < -0.3 is 10.1 Å². The van der Waals surface area contributed by atoms with Crippen LogP contribution in [0.5, 0.6) is 5.88 Å².